The lowest BCUT2D eigenvalue weighted by molar-refractivity contribution is 0.0786. The van der Waals surface area contributed by atoms with E-state index in [1.165, 1.54) is 0 Å². The Morgan fingerprint density at radius 3 is 2.95 bits per heavy atom. The quantitative estimate of drug-likeness (QED) is 0.883. The molecule has 0 atom stereocenters. The molecule has 21 heavy (non-hydrogen) atoms. The van der Waals surface area contributed by atoms with Crippen LogP contribution >= 0.6 is 11.3 Å². The number of carbonyl (C=O) groups is 1. The fourth-order valence-electron chi connectivity index (χ4n) is 1.87. The molecule has 0 saturated heterocycles. The summed E-state index contributed by atoms with van der Waals surface area (Å²) in [6.07, 6.45) is 3.31. The SMILES string of the molecule is Cc1cncc(C(=O)N(C)Cc2cc(C#CCO)cs2)c1. The second kappa shape index (κ2) is 7.02. The Morgan fingerprint density at radius 2 is 2.24 bits per heavy atom. The van der Waals surface area contributed by atoms with Gasteiger partial charge in [-0.15, -0.1) is 11.3 Å². The smallest absolute Gasteiger partial charge is 0.255 e. The standard InChI is InChI=1S/C16H16N2O2S/c1-12-6-14(9-17-8-12)16(20)18(2)10-15-7-13(11-21-15)4-3-5-19/h6-9,11,19H,5,10H2,1-2H3. The molecule has 5 heteroatoms. The predicted molar refractivity (Wildman–Crippen MR) is 83.1 cm³/mol. The van der Waals surface area contributed by atoms with E-state index in [2.05, 4.69) is 16.8 Å². The Labute approximate surface area is 128 Å². The number of aliphatic hydroxyl groups excluding tert-OH is 1. The second-order valence-electron chi connectivity index (χ2n) is 4.67. The number of pyridine rings is 1. The lowest BCUT2D eigenvalue weighted by atomic mass is 10.2. The Hall–Kier alpha value is -2.16. The van der Waals surface area contributed by atoms with Crippen molar-refractivity contribution in [3.63, 3.8) is 0 Å². The topological polar surface area (TPSA) is 53.4 Å². The number of rotatable bonds is 3. The molecule has 4 nitrogen and oxygen atoms in total. The highest BCUT2D eigenvalue weighted by Gasteiger charge is 2.13. The Kier molecular flexibility index (Phi) is 5.09. The number of hydrogen-bond acceptors (Lipinski definition) is 4. The Morgan fingerprint density at radius 1 is 1.43 bits per heavy atom. The number of amides is 1. The van der Waals surface area contributed by atoms with Crippen LogP contribution in [0, 0.1) is 18.8 Å². The van der Waals surface area contributed by atoms with Gasteiger partial charge < -0.3 is 10.0 Å². The summed E-state index contributed by atoms with van der Waals surface area (Å²) in [7, 11) is 1.77. The molecule has 2 aromatic heterocycles. The van der Waals surface area contributed by atoms with Crippen molar-refractivity contribution in [3.05, 3.63) is 51.5 Å². The van der Waals surface area contributed by atoms with Crippen LogP contribution in [0.5, 0.6) is 0 Å². The second-order valence-corrected chi connectivity index (χ2v) is 5.67. The third-order valence-corrected chi connectivity index (χ3v) is 3.75. The zero-order chi connectivity index (χ0) is 15.2. The van der Waals surface area contributed by atoms with Gasteiger partial charge in [-0.05, 0) is 24.6 Å². The molecule has 108 valence electrons. The summed E-state index contributed by atoms with van der Waals surface area (Å²) >= 11 is 1.55. The van der Waals surface area contributed by atoms with Crippen LogP contribution in [0.15, 0.2) is 29.9 Å². The van der Waals surface area contributed by atoms with Crippen LogP contribution < -0.4 is 0 Å². The van der Waals surface area contributed by atoms with Crippen LogP contribution in [0.2, 0.25) is 0 Å². The van der Waals surface area contributed by atoms with Gasteiger partial charge in [-0.25, -0.2) is 0 Å². The molecule has 0 aromatic carbocycles. The largest absolute Gasteiger partial charge is 0.384 e. The molecule has 0 radical (unpaired) electrons. The van der Waals surface area contributed by atoms with Crippen molar-refractivity contribution < 1.29 is 9.90 Å². The average molecular weight is 300 g/mol. The summed E-state index contributed by atoms with van der Waals surface area (Å²) in [6, 6.07) is 3.77. The summed E-state index contributed by atoms with van der Waals surface area (Å²) in [5.41, 5.74) is 2.42. The van der Waals surface area contributed by atoms with Crippen molar-refractivity contribution in [2.75, 3.05) is 13.7 Å². The molecular formula is C16H16N2O2S. The molecule has 0 bridgehead atoms. The highest BCUT2D eigenvalue weighted by molar-refractivity contribution is 7.10. The van der Waals surface area contributed by atoms with Crippen LogP contribution in [-0.4, -0.2) is 34.6 Å². The van der Waals surface area contributed by atoms with Gasteiger partial charge in [0.05, 0.1) is 12.1 Å². The monoisotopic (exact) mass is 300 g/mol. The van der Waals surface area contributed by atoms with Gasteiger partial charge in [-0.1, -0.05) is 11.8 Å². The van der Waals surface area contributed by atoms with Crippen molar-refractivity contribution in [1.29, 1.82) is 0 Å². The molecule has 0 fully saturated rings. The summed E-state index contributed by atoms with van der Waals surface area (Å²) in [6.45, 7) is 2.29. The minimum absolute atomic E-state index is 0.0532. The first-order valence-corrected chi connectivity index (χ1v) is 7.32. The number of thiophene rings is 1. The van der Waals surface area contributed by atoms with E-state index in [0.717, 1.165) is 16.0 Å². The highest BCUT2D eigenvalue weighted by atomic mass is 32.1. The van der Waals surface area contributed by atoms with E-state index in [4.69, 9.17) is 5.11 Å². The van der Waals surface area contributed by atoms with Gasteiger partial charge in [0, 0.05) is 35.3 Å². The number of aromatic nitrogens is 1. The third-order valence-electron chi connectivity index (χ3n) is 2.83. The van der Waals surface area contributed by atoms with E-state index in [-0.39, 0.29) is 12.5 Å². The normalized spacial score (nSPS) is 9.86. The molecule has 0 aliphatic heterocycles. The summed E-state index contributed by atoms with van der Waals surface area (Å²) < 4.78 is 0. The van der Waals surface area contributed by atoms with Gasteiger partial charge >= 0.3 is 0 Å². The van der Waals surface area contributed by atoms with Crippen LogP contribution in [0.25, 0.3) is 0 Å². The minimum Gasteiger partial charge on any atom is -0.384 e. The maximum atomic E-state index is 12.3. The molecule has 1 amide bonds. The third kappa shape index (κ3) is 4.15. The van der Waals surface area contributed by atoms with Gasteiger partial charge in [-0.2, -0.15) is 0 Å². The van der Waals surface area contributed by atoms with Crippen molar-refractivity contribution >= 4 is 17.2 Å². The summed E-state index contributed by atoms with van der Waals surface area (Å²) in [5.74, 6) is 5.41. The summed E-state index contributed by atoms with van der Waals surface area (Å²) in [4.78, 5) is 19.1. The van der Waals surface area contributed by atoms with Gasteiger partial charge in [0.1, 0.15) is 6.61 Å². The first kappa shape index (κ1) is 15.2. The van der Waals surface area contributed by atoms with Crippen LogP contribution in [0.3, 0.4) is 0 Å². The Balaban J connectivity index is 2.05. The van der Waals surface area contributed by atoms with Crippen molar-refractivity contribution in [1.82, 2.24) is 9.88 Å². The number of aliphatic hydroxyl groups is 1. The molecule has 0 saturated carbocycles. The molecule has 0 unspecified atom stereocenters. The summed E-state index contributed by atoms with van der Waals surface area (Å²) in [5, 5.41) is 10.6. The minimum atomic E-state index is -0.149. The number of aryl methyl sites for hydroxylation is 1. The van der Waals surface area contributed by atoms with Crippen molar-refractivity contribution in [2.45, 2.75) is 13.5 Å². The zero-order valence-corrected chi connectivity index (χ0v) is 12.8. The molecule has 2 heterocycles. The van der Waals surface area contributed by atoms with E-state index in [0.29, 0.717) is 12.1 Å². The fraction of sp³-hybridized carbons (Fsp3) is 0.250. The molecule has 0 aliphatic rings. The first-order chi connectivity index (χ1) is 10.1. The lowest BCUT2D eigenvalue weighted by Crippen LogP contribution is -2.25. The molecule has 0 aliphatic carbocycles. The van der Waals surface area contributed by atoms with E-state index in [1.807, 2.05) is 24.4 Å². The van der Waals surface area contributed by atoms with Crippen molar-refractivity contribution in [2.24, 2.45) is 0 Å². The van der Waals surface area contributed by atoms with E-state index in [1.54, 1.807) is 35.7 Å². The molecule has 2 aromatic rings. The van der Waals surface area contributed by atoms with Gasteiger partial charge in [0.15, 0.2) is 0 Å². The number of carbonyl (C=O) groups excluding carboxylic acids is 1. The first-order valence-electron chi connectivity index (χ1n) is 6.44. The maximum Gasteiger partial charge on any atom is 0.255 e. The van der Waals surface area contributed by atoms with Gasteiger partial charge in [0.25, 0.3) is 5.91 Å². The average Bonchev–Trinajstić information content (AvgIpc) is 2.91. The molecule has 0 spiro atoms. The zero-order valence-electron chi connectivity index (χ0n) is 12.0. The fourth-order valence-corrected chi connectivity index (χ4v) is 2.74. The van der Waals surface area contributed by atoms with Crippen LogP contribution in [-0.2, 0) is 6.54 Å². The number of nitrogens with zero attached hydrogens (tertiary/aromatic N) is 2. The molecule has 2 rings (SSSR count). The van der Waals surface area contributed by atoms with E-state index in [9.17, 15) is 4.79 Å². The van der Waals surface area contributed by atoms with Crippen molar-refractivity contribution in [3.8, 4) is 11.8 Å². The van der Waals surface area contributed by atoms with E-state index < -0.39 is 0 Å². The van der Waals surface area contributed by atoms with Crippen LogP contribution in [0.1, 0.15) is 26.4 Å². The van der Waals surface area contributed by atoms with Gasteiger partial charge in [-0.3, -0.25) is 9.78 Å². The highest BCUT2D eigenvalue weighted by Crippen LogP contribution is 2.17. The molecular weight excluding hydrogens is 284 g/mol. The molecule has 1 N–H and O–H groups in total. The predicted octanol–water partition coefficient (Wildman–Crippen LogP) is 2.07. The van der Waals surface area contributed by atoms with Gasteiger partial charge in [0.2, 0.25) is 0 Å². The van der Waals surface area contributed by atoms with E-state index >= 15 is 0 Å². The maximum absolute atomic E-state index is 12.3. The Bertz CT molecular complexity index is 698. The lowest BCUT2D eigenvalue weighted by Gasteiger charge is -2.16. The number of hydrogen-bond donors (Lipinski definition) is 1. The van der Waals surface area contributed by atoms with Crippen LogP contribution in [0.4, 0.5) is 0 Å².